The number of amides is 1. The predicted molar refractivity (Wildman–Crippen MR) is 100 cm³/mol. The summed E-state index contributed by atoms with van der Waals surface area (Å²) in [5.41, 5.74) is 3.34. The summed E-state index contributed by atoms with van der Waals surface area (Å²) in [5.74, 6) is 0.464. The van der Waals surface area contributed by atoms with E-state index in [4.69, 9.17) is 0 Å². The highest BCUT2D eigenvalue weighted by molar-refractivity contribution is 9.09. The zero-order chi connectivity index (χ0) is 16.7. The van der Waals surface area contributed by atoms with Crippen LogP contribution in [0.4, 0.5) is 0 Å². The molecule has 2 aromatic rings. The molecule has 1 atom stereocenters. The molecule has 0 saturated carbocycles. The highest BCUT2D eigenvalue weighted by Gasteiger charge is 2.16. The first-order chi connectivity index (χ1) is 11.2. The average Bonchev–Trinajstić information content (AvgIpc) is 2.61. The van der Waals surface area contributed by atoms with Crippen LogP contribution in [-0.2, 0) is 0 Å². The van der Waals surface area contributed by atoms with Crippen molar-refractivity contribution in [3.63, 3.8) is 0 Å². The first-order valence-corrected chi connectivity index (χ1v) is 9.33. The Bertz CT molecular complexity index is 605. The molecule has 23 heavy (non-hydrogen) atoms. The van der Waals surface area contributed by atoms with Crippen LogP contribution in [0.25, 0.3) is 0 Å². The van der Waals surface area contributed by atoms with Crippen LogP contribution in [-0.4, -0.2) is 29.2 Å². The summed E-state index contributed by atoms with van der Waals surface area (Å²) in [6, 6.07) is 18.6. The lowest BCUT2D eigenvalue weighted by molar-refractivity contribution is 0.0773. The largest absolute Gasteiger partial charge is 0.339 e. The summed E-state index contributed by atoms with van der Waals surface area (Å²) in [5, 5.41) is 0.951. The number of rotatable bonds is 7. The Morgan fingerprint density at radius 2 is 1.52 bits per heavy atom. The van der Waals surface area contributed by atoms with Crippen LogP contribution in [0.5, 0.6) is 0 Å². The zero-order valence-electron chi connectivity index (χ0n) is 13.8. The number of benzene rings is 2. The molecule has 0 aromatic heterocycles. The second kappa shape index (κ2) is 8.88. The van der Waals surface area contributed by atoms with E-state index in [1.807, 2.05) is 36.9 Å². The number of alkyl halides is 1. The van der Waals surface area contributed by atoms with E-state index in [0.29, 0.717) is 5.92 Å². The molecule has 0 fully saturated rings. The maximum absolute atomic E-state index is 12.4. The van der Waals surface area contributed by atoms with Gasteiger partial charge in [0.05, 0.1) is 0 Å². The second-order valence-corrected chi connectivity index (χ2v) is 6.33. The zero-order valence-corrected chi connectivity index (χ0v) is 15.4. The van der Waals surface area contributed by atoms with Crippen molar-refractivity contribution in [3.8, 4) is 0 Å². The molecular formula is C20H24BrNO. The van der Waals surface area contributed by atoms with Gasteiger partial charge in [0.15, 0.2) is 0 Å². The first-order valence-electron chi connectivity index (χ1n) is 8.21. The maximum atomic E-state index is 12.4. The minimum Gasteiger partial charge on any atom is -0.339 e. The molecule has 0 radical (unpaired) electrons. The molecule has 0 aliphatic rings. The van der Waals surface area contributed by atoms with Crippen LogP contribution in [0, 0.1) is 0 Å². The summed E-state index contributed by atoms with van der Waals surface area (Å²) in [6.45, 7) is 5.51. The predicted octanol–water partition coefficient (Wildman–Crippen LogP) is 5.09. The van der Waals surface area contributed by atoms with Gasteiger partial charge in [-0.2, -0.15) is 0 Å². The van der Waals surface area contributed by atoms with Gasteiger partial charge in [-0.25, -0.2) is 0 Å². The summed E-state index contributed by atoms with van der Waals surface area (Å²) in [7, 11) is 0. The van der Waals surface area contributed by atoms with E-state index in [0.717, 1.165) is 30.4 Å². The van der Waals surface area contributed by atoms with Gasteiger partial charge in [0, 0.05) is 29.9 Å². The maximum Gasteiger partial charge on any atom is 0.253 e. The SMILES string of the molecule is CCN(CC)C(=O)c1ccc(C(CCBr)c2ccccc2)cc1. The Hall–Kier alpha value is -1.61. The first kappa shape index (κ1) is 17.7. The molecule has 0 N–H and O–H groups in total. The van der Waals surface area contributed by atoms with Crippen LogP contribution in [0.1, 0.15) is 47.7 Å². The van der Waals surface area contributed by atoms with E-state index < -0.39 is 0 Å². The Balaban J connectivity index is 2.24. The average molecular weight is 374 g/mol. The molecule has 2 nitrogen and oxygen atoms in total. The third kappa shape index (κ3) is 4.44. The molecule has 0 aliphatic carbocycles. The molecule has 0 aliphatic heterocycles. The van der Waals surface area contributed by atoms with Crippen molar-refractivity contribution in [1.82, 2.24) is 4.90 Å². The van der Waals surface area contributed by atoms with Crippen molar-refractivity contribution in [2.24, 2.45) is 0 Å². The summed E-state index contributed by atoms with van der Waals surface area (Å²) in [6.07, 6.45) is 1.04. The monoisotopic (exact) mass is 373 g/mol. The van der Waals surface area contributed by atoms with Gasteiger partial charge < -0.3 is 4.90 Å². The number of nitrogens with zero attached hydrogens (tertiary/aromatic N) is 1. The lowest BCUT2D eigenvalue weighted by Crippen LogP contribution is -2.30. The lowest BCUT2D eigenvalue weighted by Gasteiger charge is -2.20. The molecule has 0 spiro atoms. The number of carbonyl (C=O) groups is 1. The number of hydrogen-bond acceptors (Lipinski definition) is 1. The van der Waals surface area contributed by atoms with Gasteiger partial charge in [-0.05, 0) is 43.5 Å². The van der Waals surface area contributed by atoms with Gasteiger partial charge in [-0.3, -0.25) is 4.79 Å². The number of hydrogen-bond donors (Lipinski definition) is 0. The van der Waals surface area contributed by atoms with E-state index in [-0.39, 0.29) is 5.91 Å². The van der Waals surface area contributed by atoms with E-state index >= 15 is 0 Å². The highest BCUT2D eigenvalue weighted by atomic mass is 79.9. The minimum absolute atomic E-state index is 0.110. The van der Waals surface area contributed by atoms with Gasteiger partial charge >= 0.3 is 0 Å². The van der Waals surface area contributed by atoms with Gasteiger partial charge in [-0.1, -0.05) is 58.4 Å². The fourth-order valence-corrected chi connectivity index (χ4v) is 3.33. The normalized spacial score (nSPS) is 12.0. The molecule has 0 bridgehead atoms. The summed E-state index contributed by atoms with van der Waals surface area (Å²) >= 11 is 3.56. The summed E-state index contributed by atoms with van der Waals surface area (Å²) < 4.78 is 0. The molecule has 2 aromatic carbocycles. The molecule has 122 valence electrons. The highest BCUT2D eigenvalue weighted by Crippen LogP contribution is 2.29. The third-order valence-corrected chi connectivity index (χ3v) is 4.67. The van der Waals surface area contributed by atoms with Crippen molar-refractivity contribution >= 4 is 21.8 Å². The van der Waals surface area contributed by atoms with Crippen LogP contribution < -0.4 is 0 Å². The van der Waals surface area contributed by atoms with Gasteiger partial charge in [0.2, 0.25) is 0 Å². The van der Waals surface area contributed by atoms with Crippen LogP contribution in [0.15, 0.2) is 54.6 Å². The van der Waals surface area contributed by atoms with E-state index in [9.17, 15) is 4.79 Å². The van der Waals surface area contributed by atoms with E-state index in [2.05, 4.69) is 52.3 Å². The smallest absolute Gasteiger partial charge is 0.253 e. The third-order valence-electron chi connectivity index (χ3n) is 4.21. The van der Waals surface area contributed by atoms with Crippen molar-refractivity contribution < 1.29 is 4.79 Å². The quantitative estimate of drug-likeness (QED) is 0.619. The number of carbonyl (C=O) groups excluding carboxylic acids is 1. The lowest BCUT2D eigenvalue weighted by atomic mass is 9.89. The molecule has 1 unspecified atom stereocenters. The van der Waals surface area contributed by atoms with E-state index in [1.54, 1.807) is 0 Å². The van der Waals surface area contributed by atoms with Crippen molar-refractivity contribution in [2.75, 3.05) is 18.4 Å². The molecule has 0 heterocycles. The van der Waals surface area contributed by atoms with Crippen LogP contribution >= 0.6 is 15.9 Å². The molecule has 2 rings (SSSR count). The molecule has 0 saturated heterocycles. The Labute approximate surface area is 147 Å². The topological polar surface area (TPSA) is 20.3 Å². The van der Waals surface area contributed by atoms with Gasteiger partial charge in [0.25, 0.3) is 5.91 Å². The Kier molecular flexibility index (Phi) is 6.85. The fourth-order valence-electron chi connectivity index (χ4n) is 2.87. The summed E-state index contributed by atoms with van der Waals surface area (Å²) in [4.78, 5) is 14.3. The molecular weight excluding hydrogens is 350 g/mol. The van der Waals surface area contributed by atoms with Crippen molar-refractivity contribution in [1.29, 1.82) is 0 Å². The fraction of sp³-hybridized carbons (Fsp3) is 0.350. The van der Waals surface area contributed by atoms with Crippen molar-refractivity contribution in [3.05, 3.63) is 71.3 Å². The Morgan fingerprint density at radius 3 is 2.04 bits per heavy atom. The van der Waals surface area contributed by atoms with Crippen LogP contribution in [0.2, 0.25) is 0 Å². The van der Waals surface area contributed by atoms with Crippen LogP contribution in [0.3, 0.4) is 0 Å². The van der Waals surface area contributed by atoms with E-state index in [1.165, 1.54) is 11.1 Å². The standard InChI is InChI=1S/C20H24BrNO/c1-3-22(4-2)20(23)18-12-10-17(11-13-18)19(14-15-21)16-8-6-5-7-9-16/h5-13,19H,3-4,14-15H2,1-2H3. The van der Waals surface area contributed by atoms with Crippen molar-refractivity contribution in [2.45, 2.75) is 26.2 Å². The number of halogens is 1. The molecule has 1 amide bonds. The van der Waals surface area contributed by atoms with Gasteiger partial charge in [-0.15, -0.1) is 0 Å². The van der Waals surface area contributed by atoms with Gasteiger partial charge in [0.1, 0.15) is 0 Å². The second-order valence-electron chi connectivity index (χ2n) is 5.54. The minimum atomic E-state index is 0.110. The Morgan fingerprint density at radius 1 is 0.957 bits per heavy atom. The molecule has 3 heteroatoms.